The molecule has 0 bridgehead atoms. The SMILES string of the molecule is Cc1ccc(NC(=O)CC2(CS)CC2)c(Br)c1. The van der Waals surface area contributed by atoms with Gasteiger partial charge in [0.25, 0.3) is 0 Å². The summed E-state index contributed by atoms with van der Waals surface area (Å²) < 4.78 is 0.932. The van der Waals surface area contributed by atoms with Crippen LogP contribution < -0.4 is 5.32 Å². The fourth-order valence-corrected chi connectivity index (χ4v) is 2.84. The molecule has 1 N–H and O–H groups in total. The van der Waals surface area contributed by atoms with Crippen molar-refractivity contribution in [1.82, 2.24) is 0 Å². The van der Waals surface area contributed by atoms with Crippen LogP contribution in [0.25, 0.3) is 0 Å². The van der Waals surface area contributed by atoms with E-state index in [1.165, 1.54) is 5.56 Å². The van der Waals surface area contributed by atoms with Gasteiger partial charge in [-0.05, 0) is 64.6 Å². The van der Waals surface area contributed by atoms with Gasteiger partial charge in [-0.3, -0.25) is 4.79 Å². The van der Waals surface area contributed by atoms with Crippen molar-refractivity contribution in [3.63, 3.8) is 0 Å². The van der Waals surface area contributed by atoms with Gasteiger partial charge >= 0.3 is 0 Å². The lowest BCUT2D eigenvalue weighted by Crippen LogP contribution is -2.18. The quantitative estimate of drug-likeness (QED) is 0.813. The van der Waals surface area contributed by atoms with Gasteiger partial charge in [-0.2, -0.15) is 12.6 Å². The van der Waals surface area contributed by atoms with Gasteiger partial charge in [-0.15, -0.1) is 0 Å². The number of benzene rings is 1. The standard InChI is InChI=1S/C13H16BrNOS/c1-9-2-3-11(10(14)6-9)15-12(16)7-13(8-17)4-5-13/h2-3,6,17H,4-5,7-8H2,1H3,(H,15,16). The number of nitrogens with one attached hydrogen (secondary N) is 1. The Morgan fingerprint density at radius 3 is 2.76 bits per heavy atom. The second-order valence-electron chi connectivity index (χ2n) is 4.87. The van der Waals surface area contributed by atoms with E-state index in [-0.39, 0.29) is 11.3 Å². The molecule has 1 aliphatic carbocycles. The Morgan fingerprint density at radius 1 is 1.53 bits per heavy atom. The summed E-state index contributed by atoms with van der Waals surface area (Å²) in [7, 11) is 0. The normalized spacial score (nSPS) is 16.6. The van der Waals surface area contributed by atoms with Gasteiger partial charge in [0.2, 0.25) is 5.91 Å². The van der Waals surface area contributed by atoms with Gasteiger partial charge in [0, 0.05) is 10.9 Å². The number of carbonyl (C=O) groups excluding carboxylic acids is 1. The number of rotatable bonds is 4. The first kappa shape index (κ1) is 13.0. The minimum absolute atomic E-state index is 0.0844. The third kappa shape index (κ3) is 3.26. The maximum atomic E-state index is 11.9. The third-order valence-electron chi connectivity index (χ3n) is 3.23. The van der Waals surface area contributed by atoms with Gasteiger partial charge in [0.15, 0.2) is 0 Å². The van der Waals surface area contributed by atoms with Crippen LogP contribution in [0.1, 0.15) is 24.8 Å². The highest BCUT2D eigenvalue weighted by molar-refractivity contribution is 9.10. The number of hydrogen-bond acceptors (Lipinski definition) is 2. The van der Waals surface area contributed by atoms with Gasteiger partial charge in [0.05, 0.1) is 5.69 Å². The van der Waals surface area contributed by atoms with E-state index in [4.69, 9.17) is 0 Å². The number of amides is 1. The maximum Gasteiger partial charge on any atom is 0.224 e. The van der Waals surface area contributed by atoms with Crippen LogP contribution in [0.4, 0.5) is 5.69 Å². The van der Waals surface area contributed by atoms with Crippen molar-refractivity contribution in [3.8, 4) is 0 Å². The summed E-state index contributed by atoms with van der Waals surface area (Å²) in [6.07, 6.45) is 2.83. The molecule has 1 aliphatic rings. The maximum absolute atomic E-state index is 11.9. The largest absolute Gasteiger partial charge is 0.325 e. The van der Waals surface area contributed by atoms with E-state index in [1.54, 1.807) is 0 Å². The first-order chi connectivity index (χ1) is 8.04. The van der Waals surface area contributed by atoms with Crippen LogP contribution in [0.2, 0.25) is 0 Å². The molecule has 17 heavy (non-hydrogen) atoms. The molecule has 1 amide bonds. The first-order valence-electron chi connectivity index (χ1n) is 5.72. The van der Waals surface area contributed by atoms with Crippen molar-refractivity contribution in [2.24, 2.45) is 5.41 Å². The van der Waals surface area contributed by atoms with Crippen LogP contribution in [0.3, 0.4) is 0 Å². The fourth-order valence-electron chi connectivity index (χ4n) is 1.82. The zero-order valence-electron chi connectivity index (χ0n) is 9.79. The Morgan fingerprint density at radius 2 is 2.24 bits per heavy atom. The lowest BCUT2D eigenvalue weighted by Gasteiger charge is -2.12. The summed E-state index contributed by atoms with van der Waals surface area (Å²) in [6, 6.07) is 5.92. The molecule has 1 fully saturated rings. The molecule has 0 aliphatic heterocycles. The Kier molecular flexibility index (Phi) is 3.83. The zero-order valence-corrected chi connectivity index (χ0v) is 12.3. The predicted octanol–water partition coefficient (Wildman–Crippen LogP) is 3.80. The van der Waals surface area contributed by atoms with Crippen LogP contribution in [0.15, 0.2) is 22.7 Å². The van der Waals surface area contributed by atoms with E-state index in [0.717, 1.165) is 28.8 Å². The second kappa shape index (κ2) is 5.02. The van der Waals surface area contributed by atoms with Crippen LogP contribution in [0.5, 0.6) is 0 Å². The molecular weight excluding hydrogens is 298 g/mol. The van der Waals surface area contributed by atoms with Crippen LogP contribution in [-0.4, -0.2) is 11.7 Å². The number of anilines is 1. The van der Waals surface area contributed by atoms with E-state index >= 15 is 0 Å². The van der Waals surface area contributed by atoms with Crippen molar-refractivity contribution in [1.29, 1.82) is 0 Å². The van der Waals surface area contributed by atoms with Crippen LogP contribution >= 0.6 is 28.6 Å². The van der Waals surface area contributed by atoms with E-state index in [2.05, 4.69) is 33.9 Å². The molecule has 0 aromatic heterocycles. The van der Waals surface area contributed by atoms with E-state index in [0.29, 0.717) is 6.42 Å². The van der Waals surface area contributed by atoms with Crippen LogP contribution in [-0.2, 0) is 4.79 Å². The average Bonchev–Trinajstić information content (AvgIpc) is 3.03. The van der Waals surface area contributed by atoms with Crippen molar-refractivity contribution < 1.29 is 4.79 Å². The molecule has 0 saturated heterocycles. The van der Waals surface area contributed by atoms with Gasteiger partial charge in [0.1, 0.15) is 0 Å². The van der Waals surface area contributed by atoms with Gasteiger partial charge < -0.3 is 5.32 Å². The molecule has 1 aromatic rings. The predicted molar refractivity (Wildman–Crippen MR) is 77.6 cm³/mol. The number of halogens is 1. The summed E-state index contributed by atoms with van der Waals surface area (Å²) in [6.45, 7) is 2.02. The number of carbonyl (C=O) groups is 1. The highest BCUT2D eigenvalue weighted by Gasteiger charge is 2.42. The molecule has 2 rings (SSSR count). The smallest absolute Gasteiger partial charge is 0.224 e. The Bertz CT molecular complexity index is 443. The average molecular weight is 314 g/mol. The lowest BCUT2D eigenvalue weighted by molar-refractivity contribution is -0.117. The molecule has 92 valence electrons. The zero-order chi connectivity index (χ0) is 12.5. The molecule has 2 nitrogen and oxygen atoms in total. The molecule has 0 heterocycles. The topological polar surface area (TPSA) is 29.1 Å². The first-order valence-corrected chi connectivity index (χ1v) is 7.14. The molecule has 0 unspecified atom stereocenters. The minimum atomic E-state index is 0.0844. The lowest BCUT2D eigenvalue weighted by atomic mass is 10.1. The Balaban J connectivity index is 1.98. The van der Waals surface area contributed by atoms with Crippen LogP contribution in [0, 0.1) is 12.3 Å². The van der Waals surface area contributed by atoms with Crippen molar-refractivity contribution in [2.45, 2.75) is 26.2 Å². The second-order valence-corrected chi connectivity index (χ2v) is 6.04. The summed E-state index contributed by atoms with van der Waals surface area (Å²) >= 11 is 7.77. The van der Waals surface area contributed by atoms with E-state index in [9.17, 15) is 4.79 Å². The van der Waals surface area contributed by atoms with Crippen molar-refractivity contribution in [3.05, 3.63) is 28.2 Å². The molecular formula is C13H16BrNOS. The molecule has 0 spiro atoms. The molecule has 1 saturated carbocycles. The fraction of sp³-hybridized carbons (Fsp3) is 0.462. The third-order valence-corrected chi connectivity index (χ3v) is 4.55. The number of aryl methyl sites for hydroxylation is 1. The molecule has 0 radical (unpaired) electrons. The highest BCUT2D eigenvalue weighted by atomic mass is 79.9. The molecule has 1 aromatic carbocycles. The monoisotopic (exact) mass is 313 g/mol. The number of hydrogen-bond donors (Lipinski definition) is 2. The van der Waals surface area contributed by atoms with E-state index in [1.807, 2.05) is 25.1 Å². The van der Waals surface area contributed by atoms with Gasteiger partial charge in [-0.1, -0.05) is 6.07 Å². The summed E-state index contributed by atoms with van der Waals surface area (Å²) in [5, 5.41) is 2.95. The molecule has 0 atom stereocenters. The number of thiol groups is 1. The minimum Gasteiger partial charge on any atom is -0.325 e. The Hall–Kier alpha value is -0.480. The highest BCUT2D eigenvalue weighted by Crippen LogP contribution is 2.49. The van der Waals surface area contributed by atoms with Crippen molar-refractivity contribution >= 4 is 40.2 Å². The summed E-state index contributed by atoms with van der Waals surface area (Å²) in [5.41, 5.74) is 2.18. The summed E-state index contributed by atoms with van der Waals surface area (Å²) in [4.78, 5) is 11.9. The van der Waals surface area contributed by atoms with Gasteiger partial charge in [-0.25, -0.2) is 0 Å². The summed E-state index contributed by atoms with van der Waals surface area (Å²) in [5.74, 6) is 0.885. The van der Waals surface area contributed by atoms with Crippen molar-refractivity contribution in [2.75, 3.05) is 11.1 Å². The molecule has 4 heteroatoms. The van der Waals surface area contributed by atoms with E-state index < -0.39 is 0 Å². The Labute approximate surface area is 116 Å².